The minimum absolute atomic E-state index is 0.0480. The Morgan fingerprint density at radius 1 is 1.12 bits per heavy atom. The third kappa shape index (κ3) is 3.46. The first kappa shape index (κ1) is 12.9. The summed E-state index contributed by atoms with van der Waals surface area (Å²) in [5, 5.41) is 9.32. The predicted octanol–water partition coefficient (Wildman–Crippen LogP) is 4.09. The molecule has 0 amide bonds. The maximum absolute atomic E-state index is 11.3. The largest absolute Gasteiger partial charge is 0.481 e. The van der Waals surface area contributed by atoms with Crippen molar-refractivity contribution in [2.75, 3.05) is 0 Å². The van der Waals surface area contributed by atoms with Gasteiger partial charge in [-0.25, -0.2) is 0 Å². The Labute approximate surface area is 105 Å². The van der Waals surface area contributed by atoms with Crippen LogP contribution in [0.4, 0.5) is 0 Å². The highest BCUT2D eigenvalue weighted by Crippen LogP contribution is 2.40. The van der Waals surface area contributed by atoms with Crippen molar-refractivity contribution in [1.82, 2.24) is 0 Å². The van der Waals surface area contributed by atoms with E-state index in [1.165, 1.54) is 38.5 Å². The Morgan fingerprint density at radius 2 is 1.82 bits per heavy atom. The molecule has 0 saturated heterocycles. The van der Waals surface area contributed by atoms with Gasteiger partial charge in [0.2, 0.25) is 0 Å². The molecule has 1 N–H and O–H groups in total. The van der Waals surface area contributed by atoms with Crippen molar-refractivity contribution in [3.05, 3.63) is 0 Å². The Balaban J connectivity index is 1.92. The summed E-state index contributed by atoms with van der Waals surface area (Å²) in [7, 11) is 0. The first-order chi connectivity index (χ1) is 8.16. The van der Waals surface area contributed by atoms with E-state index in [0.717, 1.165) is 31.1 Å². The van der Waals surface area contributed by atoms with Crippen molar-refractivity contribution >= 4 is 5.97 Å². The van der Waals surface area contributed by atoms with Gasteiger partial charge >= 0.3 is 5.97 Å². The van der Waals surface area contributed by atoms with Crippen LogP contribution in [-0.4, -0.2) is 11.1 Å². The van der Waals surface area contributed by atoms with Gasteiger partial charge in [0.05, 0.1) is 5.92 Å². The van der Waals surface area contributed by atoms with Gasteiger partial charge in [0.1, 0.15) is 0 Å². The third-order valence-electron chi connectivity index (χ3n) is 4.92. The van der Waals surface area contributed by atoms with Gasteiger partial charge in [-0.15, -0.1) is 0 Å². The van der Waals surface area contributed by atoms with Gasteiger partial charge in [0, 0.05) is 0 Å². The van der Waals surface area contributed by atoms with Crippen LogP contribution in [-0.2, 0) is 4.79 Å². The molecule has 0 radical (unpaired) electrons. The van der Waals surface area contributed by atoms with E-state index in [9.17, 15) is 9.90 Å². The lowest BCUT2D eigenvalue weighted by molar-refractivity contribution is -0.145. The summed E-state index contributed by atoms with van der Waals surface area (Å²) >= 11 is 0. The zero-order valence-corrected chi connectivity index (χ0v) is 11.0. The summed E-state index contributed by atoms with van der Waals surface area (Å²) in [6, 6.07) is 0. The lowest BCUT2D eigenvalue weighted by Crippen LogP contribution is -2.31. The van der Waals surface area contributed by atoms with E-state index in [1.807, 2.05) is 0 Å². The van der Waals surface area contributed by atoms with Gasteiger partial charge in [-0.1, -0.05) is 39.0 Å². The summed E-state index contributed by atoms with van der Waals surface area (Å²) < 4.78 is 0. The van der Waals surface area contributed by atoms with Gasteiger partial charge in [0.15, 0.2) is 0 Å². The molecule has 2 aliphatic carbocycles. The van der Waals surface area contributed by atoms with Crippen LogP contribution < -0.4 is 0 Å². The zero-order valence-electron chi connectivity index (χ0n) is 11.0. The molecule has 0 bridgehead atoms. The molecule has 0 heterocycles. The third-order valence-corrected chi connectivity index (χ3v) is 4.92. The Morgan fingerprint density at radius 3 is 2.47 bits per heavy atom. The average molecular weight is 238 g/mol. The summed E-state index contributed by atoms with van der Waals surface area (Å²) in [4.78, 5) is 11.3. The molecule has 98 valence electrons. The molecule has 2 fully saturated rings. The lowest BCUT2D eigenvalue weighted by atomic mass is 9.69. The molecule has 2 aliphatic rings. The van der Waals surface area contributed by atoms with Crippen LogP contribution in [0.15, 0.2) is 0 Å². The second-order valence-corrected chi connectivity index (χ2v) is 6.36. The molecule has 0 aromatic heterocycles. The fraction of sp³-hybridized carbons (Fsp3) is 0.933. The molecule has 2 saturated carbocycles. The van der Waals surface area contributed by atoms with E-state index in [0.29, 0.717) is 5.92 Å². The van der Waals surface area contributed by atoms with Crippen LogP contribution in [0.5, 0.6) is 0 Å². The molecule has 3 atom stereocenters. The minimum atomic E-state index is -0.544. The van der Waals surface area contributed by atoms with Crippen LogP contribution in [0.2, 0.25) is 0 Å². The molecule has 2 rings (SSSR count). The standard InChI is InChI=1S/C15H26O2/c1-11-7-8-14(15(16)17)13(9-11)10-12-5-3-2-4-6-12/h11-14H,2-10H2,1H3,(H,16,17). The van der Waals surface area contributed by atoms with E-state index >= 15 is 0 Å². The number of rotatable bonds is 3. The monoisotopic (exact) mass is 238 g/mol. The number of carboxylic acids is 1. The second kappa shape index (κ2) is 5.88. The molecule has 0 spiro atoms. The van der Waals surface area contributed by atoms with Crippen molar-refractivity contribution in [1.29, 1.82) is 0 Å². The molecule has 2 heteroatoms. The fourth-order valence-corrected chi connectivity index (χ4v) is 3.94. The highest BCUT2D eigenvalue weighted by Gasteiger charge is 2.34. The molecule has 0 aromatic rings. The fourth-order valence-electron chi connectivity index (χ4n) is 3.94. The quantitative estimate of drug-likeness (QED) is 0.804. The van der Waals surface area contributed by atoms with Gasteiger partial charge in [-0.2, -0.15) is 0 Å². The van der Waals surface area contributed by atoms with Crippen LogP contribution in [0, 0.1) is 23.7 Å². The van der Waals surface area contributed by atoms with Crippen molar-refractivity contribution in [3.8, 4) is 0 Å². The van der Waals surface area contributed by atoms with Crippen LogP contribution in [0.3, 0.4) is 0 Å². The van der Waals surface area contributed by atoms with Crippen molar-refractivity contribution in [2.24, 2.45) is 23.7 Å². The van der Waals surface area contributed by atoms with Crippen molar-refractivity contribution in [2.45, 2.75) is 64.7 Å². The molecule has 2 nitrogen and oxygen atoms in total. The van der Waals surface area contributed by atoms with Gasteiger partial charge in [-0.3, -0.25) is 4.79 Å². The second-order valence-electron chi connectivity index (χ2n) is 6.36. The minimum Gasteiger partial charge on any atom is -0.481 e. The normalized spacial score (nSPS) is 35.7. The lowest BCUT2D eigenvalue weighted by Gasteiger charge is -2.35. The maximum atomic E-state index is 11.3. The van der Waals surface area contributed by atoms with E-state index in [-0.39, 0.29) is 5.92 Å². The van der Waals surface area contributed by atoms with Crippen molar-refractivity contribution < 1.29 is 9.90 Å². The average Bonchev–Trinajstić information content (AvgIpc) is 2.30. The predicted molar refractivity (Wildman–Crippen MR) is 68.8 cm³/mol. The van der Waals surface area contributed by atoms with E-state index in [1.54, 1.807) is 0 Å². The van der Waals surface area contributed by atoms with Crippen LogP contribution >= 0.6 is 0 Å². The smallest absolute Gasteiger partial charge is 0.306 e. The van der Waals surface area contributed by atoms with Gasteiger partial charge in [0.25, 0.3) is 0 Å². The summed E-state index contributed by atoms with van der Waals surface area (Å²) in [6.07, 6.45) is 11.2. The highest BCUT2D eigenvalue weighted by molar-refractivity contribution is 5.70. The van der Waals surface area contributed by atoms with Crippen LogP contribution in [0.25, 0.3) is 0 Å². The van der Waals surface area contributed by atoms with Crippen LogP contribution in [0.1, 0.15) is 64.7 Å². The SMILES string of the molecule is CC1CCC(C(=O)O)C(CC2CCCCC2)C1. The van der Waals surface area contributed by atoms with E-state index in [2.05, 4.69) is 6.92 Å². The maximum Gasteiger partial charge on any atom is 0.306 e. The number of hydrogen-bond acceptors (Lipinski definition) is 1. The number of carboxylic acid groups (broad SMARTS) is 1. The highest BCUT2D eigenvalue weighted by atomic mass is 16.4. The summed E-state index contributed by atoms with van der Waals surface area (Å²) in [5.41, 5.74) is 0. The van der Waals surface area contributed by atoms with Gasteiger partial charge < -0.3 is 5.11 Å². The molecule has 0 aromatic carbocycles. The topological polar surface area (TPSA) is 37.3 Å². The molecule has 3 unspecified atom stereocenters. The Kier molecular flexibility index (Phi) is 4.47. The van der Waals surface area contributed by atoms with Crippen molar-refractivity contribution in [3.63, 3.8) is 0 Å². The molecular weight excluding hydrogens is 212 g/mol. The molecular formula is C15H26O2. The van der Waals surface area contributed by atoms with E-state index in [4.69, 9.17) is 0 Å². The van der Waals surface area contributed by atoms with E-state index < -0.39 is 5.97 Å². The number of carbonyl (C=O) groups is 1. The Bertz CT molecular complexity index is 256. The number of hydrogen-bond donors (Lipinski definition) is 1. The first-order valence-corrected chi connectivity index (χ1v) is 7.39. The Hall–Kier alpha value is -0.530. The number of aliphatic carboxylic acids is 1. The van der Waals surface area contributed by atoms with Gasteiger partial charge in [-0.05, 0) is 43.4 Å². The first-order valence-electron chi connectivity index (χ1n) is 7.39. The summed E-state index contributed by atoms with van der Waals surface area (Å²) in [6.45, 7) is 2.28. The molecule has 0 aliphatic heterocycles. The summed E-state index contributed by atoms with van der Waals surface area (Å²) in [5.74, 6) is 1.42. The zero-order chi connectivity index (χ0) is 12.3. The molecule has 17 heavy (non-hydrogen) atoms.